The van der Waals surface area contributed by atoms with E-state index in [9.17, 15) is 0 Å². The molecular weight excluding hydrogens is 228 g/mol. The van der Waals surface area contributed by atoms with Crippen LogP contribution < -0.4 is 0 Å². The Kier molecular flexibility index (Phi) is 2.48. The second-order valence-corrected chi connectivity index (χ2v) is 4.03. The van der Waals surface area contributed by atoms with Crippen LogP contribution in [0.1, 0.15) is 11.5 Å². The van der Waals surface area contributed by atoms with Crippen molar-refractivity contribution in [2.24, 2.45) is 0 Å². The molecule has 3 heterocycles. The molecule has 18 heavy (non-hydrogen) atoms. The monoisotopic (exact) mass is 240 g/mol. The minimum absolute atomic E-state index is 0.813. The van der Waals surface area contributed by atoms with Crippen molar-refractivity contribution in [3.8, 4) is 22.5 Å². The van der Waals surface area contributed by atoms with Crippen LogP contribution in [0.2, 0.25) is 0 Å². The van der Waals surface area contributed by atoms with Crippen LogP contribution in [-0.2, 0) is 0 Å². The van der Waals surface area contributed by atoms with Crippen molar-refractivity contribution in [3.05, 3.63) is 48.6 Å². The van der Waals surface area contributed by atoms with Gasteiger partial charge in [0.25, 0.3) is 0 Å². The first-order valence-electron chi connectivity index (χ1n) is 5.67. The predicted octanol–water partition coefficient (Wildman–Crippen LogP) is 3.61. The first-order valence-corrected chi connectivity index (χ1v) is 5.67. The molecule has 0 unspecified atom stereocenters. The Morgan fingerprint density at radius 1 is 0.778 bits per heavy atom. The predicted molar refractivity (Wildman–Crippen MR) is 66.9 cm³/mol. The highest BCUT2D eigenvalue weighted by molar-refractivity contribution is 5.79. The van der Waals surface area contributed by atoms with Crippen LogP contribution in [0.5, 0.6) is 0 Å². The molecule has 0 saturated heterocycles. The lowest BCUT2D eigenvalue weighted by atomic mass is 10.1. The van der Waals surface area contributed by atoms with E-state index < -0.39 is 0 Å². The molecule has 3 aromatic rings. The topological polar surface area (TPSA) is 52.1 Å². The van der Waals surface area contributed by atoms with Gasteiger partial charge in [0.1, 0.15) is 22.9 Å². The average Bonchev–Trinajstić information content (AvgIpc) is 2.98. The first-order chi connectivity index (χ1) is 8.77. The highest BCUT2D eigenvalue weighted by Crippen LogP contribution is 2.32. The fraction of sp³-hybridized carbons (Fsp3) is 0.143. The number of hydrogen-bond donors (Lipinski definition) is 0. The molecule has 0 aliphatic heterocycles. The molecule has 0 radical (unpaired) electrons. The zero-order valence-electron chi connectivity index (χ0n) is 10.2. The van der Waals surface area contributed by atoms with E-state index in [1.807, 2.05) is 26.0 Å². The van der Waals surface area contributed by atoms with E-state index in [1.54, 1.807) is 24.9 Å². The third-order valence-electron chi connectivity index (χ3n) is 2.93. The summed E-state index contributed by atoms with van der Waals surface area (Å²) >= 11 is 0. The van der Waals surface area contributed by atoms with Crippen LogP contribution in [0.15, 0.2) is 45.9 Å². The van der Waals surface area contributed by atoms with Gasteiger partial charge < -0.3 is 8.83 Å². The average molecular weight is 240 g/mol. The molecule has 0 bridgehead atoms. The molecule has 0 saturated carbocycles. The number of aryl methyl sites for hydroxylation is 2. The van der Waals surface area contributed by atoms with E-state index in [0.29, 0.717) is 0 Å². The Morgan fingerprint density at radius 3 is 1.56 bits per heavy atom. The van der Waals surface area contributed by atoms with Gasteiger partial charge >= 0.3 is 0 Å². The van der Waals surface area contributed by atoms with Gasteiger partial charge in [0, 0.05) is 23.5 Å². The summed E-state index contributed by atoms with van der Waals surface area (Å²) in [7, 11) is 0. The largest absolute Gasteiger partial charge is 0.469 e. The van der Waals surface area contributed by atoms with Crippen LogP contribution in [0.3, 0.4) is 0 Å². The highest BCUT2D eigenvalue weighted by atomic mass is 16.3. The molecule has 0 aliphatic carbocycles. The second-order valence-electron chi connectivity index (χ2n) is 4.03. The molecule has 4 nitrogen and oxygen atoms in total. The van der Waals surface area contributed by atoms with Crippen LogP contribution in [-0.4, -0.2) is 9.97 Å². The summed E-state index contributed by atoms with van der Waals surface area (Å²) in [6, 6.07) is 3.80. The Balaban J connectivity index is 2.24. The molecule has 4 heteroatoms. The van der Waals surface area contributed by atoms with Gasteiger partial charge in [-0.3, -0.25) is 9.97 Å². The zero-order valence-corrected chi connectivity index (χ0v) is 10.2. The molecule has 0 atom stereocenters. The molecule has 0 amide bonds. The number of hydrogen-bond acceptors (Lipinski definition) is 4. The Morgan fingerprint density at radius 2 is 1.22 bits per heavy atom. The van der Waals surface area contributed by atoms with Gasteiger partial charge in [-0.25, -0.2) is 0 Å². The lowest BCUT2D eigenvalue weighted by Gasteiger charge is -2.05. The molecule has 3 aromatic heterocycles. The quantitative estimate of drug-likeness (QED) is 0.686. The smallest absolute Gasteiger partial charge is 0.110 e. The summed E-state index contributed by atoms with van der Waals surface area (Å²) in [6.45, 7) is 3.83. The summed E-state index contributed by atoms with van der Waals surface area (Å²) in [5.41, 5.74) is 3.54. The van der Waals surface area contributed by atoms with Crippen LogP contribution in [0.4, 0.5) is 0 Å². The number of furan rings is 2. The van der Waals surface area contributed by atoms with E-state index in [4.69, 9.17) is 8.83 Å². The molecule has 0 aliphatic rings. The van der Waals surface area contributed by atoms with E-state index >= 15 is 0 Å². The van der Waals surface area contributed by atoms with E-state index in [0.717, 1.165) is 34.0 Å². The maximum atomic E-state index is 5.33. The number of rotatable bonds is 2. The van der Waals surface area contributed by atoms with E-state index in [-0.39, 0.29) is 0 Å². The number of nitrogens with zero attached hydrogens (tertiary/aromatic N) is 2. The summed E-state index contributed by atoms with van der Waals surface area (Å²) in [5.74, 6) is 1.66. The van der Waals surface area contributed by atoms with Crippen molar-refractivity contribution >= 4 is 0 Å². The van der Waals surface area contributed by atoms with E-state index in [1.165, 1.54) is 0 Å². The van der Waals surface area contributed by atoms with Gasteiger partial charge in [-0.1, -0.05) is 0 Å². The van der Waals surface area contributed by atoms with Gasteiger partial charge in [-0.15, -0.1) is 0 Å². The van der Waals surface area contributed by atoms with Crippen molar-refractivity contribution in [3.63, 3.8) is 0 Å². The minimum Gasteiger partial charge on any atom is -0.469 e. The SMILES string of the molecule is Cc1occc1-c1nccnc1-c1ccoc1C. The number of aromatic nitrogens is 2. The Labute approximate surface area is 104 Å². The highest BCUT2D eigenvalue weighted by Gasteiger charge is 2.16. The second kappa shape index (κ2) is 4.14. The maximum Gasteiger partial charge on any atom is 0.110 e. The summed E-state index contributed by atoms with van der Waals surface area (Å²) in [5, 5.41) is 0. The summed E-state index contributed by atoms with van der Waals surface area (Å²) in [4.78, 5) is 8.83. The van der Waals surface area contributed by atoms with Crippen molar-refractivity contribution in [2.45, 2.75) is 13.8 Å². The van der Waals surface area contributed by atoms with Crippen LogP contribution in [0, 0.1) is 13.8 Å². The summed E-state index contributed by atoms with van der Waals surface area (Å²) < 4.78 is 10.7. The molecular formula is C14H12N2O2. The van der Waals surface area contributed by atoms with Crippen molar-refractivity contribution in [1.82, 2.24) is 9.97 Å². The lowest BCUT2D eigenvalue weighted by Crippen LogP contribution is -1.92. The molecule has 0 aromatic carbocycles. The zero-order chi connectivity index (χ0) is 12.5. The van der Waals surface area contributed by atoms with Gasteiger partial charge in [-0.05, 0) is 26.0 Å². The molecule has 0 N–H and O–H groups in total. The third kappa shape index (κ3) is 1.62. The fourth-order valence-corrected chi connectivity index (χ4v) is 1.99. The van der Waals surface area contributed by atoms with Gasteiger partial charge in [0.05, 0.1) is 12.5 Å². The first kappa shape index (κ1) is 10.8. The Hall–Kier alpha value is -2.36. The third-order valence-corrected chi connectivity index (χ3v) is 2.93. The van der Waals surface area contributed by atoms with Crippen molar-refractivity contribution in [1.29, 1.82) is 0 Å². The minimum atomic E-state index is 0.813. The summed E-state index contributed by atoms with van der Waals surface area (Å²) in [6.07, 6.45) is 6.68. The molecule has 0 spiro atoms. The normalized spacial score (nSPS) is 10.8. The fourth-order valence-electron chi connectivity index (χ4n) is 1.99. The standard InChI is InChI=1S/C14H12N2O2/c1-9-11(3-7-17-9)13-14(16-6-5-15-13)12-4-8-18-10(12)2/h3-8H,1-2H3. The molecule has 0 fully saturated rings. The lowest BCUT2D eigenvalue weighted by molar-refractivity contribution is 0.534. The van der Waals surface area contributed by atoms with Gasteiger partial charge in [-0.2, -0.15) is 0 Å². The maximum absolute atomic E-state index is 5.33. The van der Waals surface area contributed by atoms with Crippen molar-refractivity contribution < 1.29 is 8.83 Å². The molecule has 90 valence electrons. The van der Waals surface area contributed by atoms with E-state index in [2.05, 4.69) is 9.97 Å². The Bertz CT molecular complexity index is 623. The van der Waals surface area contributed by atoms with Gasteiger partial charge in [0.15, 0.2) is 0 Å². The van der Waals surface area contributed by atoms with Gasteiger partial charge in [0.2, 0.25) is 0 Å². The molecule has 3 rings (SSSR count). The van der Waals surface area contributed by atoms with Crippen molar-refractivity contribution in [2.75, 3.05) is 0 Å². The van der Waals surface area contributed by atoms with Crippen LogP contribution in [0.25, 0.3) is 22.5 Å². The van der Waals surface area contributed by atoms with Crippen LogP contribution >= 0.6 is 0 Å².